The van der Waals surface area contributed by atoms with Crippen molar-refractivity contribution in [3.63, 3.8) is 0 Å². The Morgan fingerprint density at radius 2 is 2.00 bits per heavy atom. The monoisotopic (exact) mass is 421 g/mol. The number of allylic oxidation sites excluding steroid dienone is 1. The molecule has 1 aliphatic heterocycles. The van der Waals surface area contributed by atoms with E-state index in [1.165, 1.54) is 6.42 Å². The van der Waals surface area contributed by atoms with E-state index in [4.69, 9.17) is 9.16 Å². The summed E-state index contributed by atoms with van der Waals surface area (Å²) in [5.74, 6) is 2.26. The van der Waals surface area contributed by atoms with Gasteiger partial charge in [0.05, 0.1) is 18.8 Å². The average molecular weight is 422 g/mol. The molecular weight excluding hydrogens is 378 g/mol. The Bertz CT molecular complexity index is 644. The summed E-state index contributed by atoms with van der Waals surface area (Å²) in [6.07, 6.45) is 8.38. The first-order valence-electron chi connectivity index (χ1n) is 11.7. The Labute approximate surface area is 179 Å². The first-order chi connectivity index (χ1) is 13.4. The topological polar surface area (TPSA) is 47.6 Å². The number of amides is 1. The smallest absolute Gasteiger partial charge is 0.216 e. The second-order valence-electron chi connectivity index (χ2n) is 11.2. The molecule has 0 unspecified atom stereocenters. The highest BCUT2D eigenvalue weighted by atomic mass is 28.4. The zero-order valence-electron chi connectivity index (χ0n) is 19.9. The van der Waals surface area contributed by atoms with E-state index in [-0.39, 0.29) is 28.6 Å². The molecule has 1 saturated carbocycles. The lowest BCUT2D eigenvalue weighted by atomic mass is 9.52. The molecule has 0 aromatic rings. The number of ether oxygens (including phenoxy) is 1. The molecule has 6 atom stereocenters. The highest BCUT2D eigenvalue weighted by Crippen LogP contribution is 2.60. The molecule has 0 aromatic heterocycles. The number of carbonyl (C=O) groups is 1. The summed E-state index contributed by atoms with van der Waals surface area (Å²) in [5.41, 5.74) is 0.0893. The van der Waals surface area contributed by atoms with E-state index in [1.54, 1.807) is 6.92 Å². The quantitative estimate of drug-likeness (QED) is 0.456. The minimum Gasteiger partial charge on any atom is -0.411 e. The Morgan fingerprint density at radius 1 is 1.31 bits per heavy atom. The summed E-state index contributed by atoms with van der Waals surface area (Å²) < 4.78 is 13.6. The second kappa shape index (κ2) is 8.12. The minimum absolute atomic E-state index is 0.0569. The number of hydrogen-bond donors (Lipinski definition) is 1. The highest BCUT2D eigenvalue weighted by molar-refractivity contribution is 6.74. The molecule has 2 aliphatic carbocycles. The van der Waals surface area contributed by atoms with E-state index >= 15 is 0 Å². The van der Waals surface area contributed by atoms with E-state index < -0.39 is 8.32 Å². The Hall–Kier alpha value is -0.653. The maximum absolute atomic E-state index is 11.5. The standard InChI is InChI=1S/C24H43NO3Si/c1-16(2)23(5,6)29(7,8)28-21-12-11-20-17(3)9-10-19-15-27-22(21)24(19,20)13-14-25-18(4)26/h9-10,16-17,19-22H,11-15H2,1-8H3,(H,25,26)/t17-,19-,20+,21+,22+,24-/m1/s1. The van der Waals surface area contributed by atoms with Crippen LogP contribution in [0.4, 0.5) is 0 Å². The molecule has 3 rings (SSSR count). The molecule has 2 fully saturated rings. The van der Waals surface area contributed by atoms with Crippen LogP contribution >= 0.6 is 0 Å². The predicted octanol–water partition coefficient (Wildman–Crippen LogP) is 5.16. The Morgan fingerprint density at radius 3 is 2.62 bits per heavy atom. The maximum atomic E-state index is 11.5. The molecule has 1 heterocycles. The molecule has 0 aromatic carbocycles. The number of nitrogens with one attached hydrogen (secondary N) is 1. The van der Waals surface area contributed by atoms with Crippen molar-refractivity contribution in [2.24, 2.45) is 29.1 Å². The van der Waals surface area contributed by atoms with Gasteiger partial charge in [0, 0.05) is 24.8 Å². The molecule has 0 bridgehead atoms. The van der Waals surface area contributed by atoms with Crippen molar-refractivity contribution >= 4 is 14.2 Å². The highest BCUT2D eigenvalue weighted by Gasteiger charge is 2.62. The van der Waals surface area contributed by atoms with Crippen molar-refractivity contribution in [2.45, 2.75) is 91.1 Å². The van der Waals surface area contributed by atoms with E-state index in [9.17, 15) is 4.79 Å². The van der Waals surface area contributed by atoms with Crippen molar-refractivity contribution in [3.05, 3.63) is 12.2 Å². The molecular formula is C24H43NO3Si. The normalized spacial score (nSPS) is 36.9. The molecule has 1 amide bonds. The second-order valence-corrected chi connectivity index (χ2v) is 15.7. The van der Waals surface area contributed by atoms with Gasteiger partial charge < -0.3 is 14.5 Å². The fraction of sp³-hybridized carbons (Fsp3) is 0.875. The number of rotatable bonds is 7. The van der Waals surface area contributed by atoms with Gasteiger partial charge in [-0.05, 0) is 55.1 Å². The van der Waals surface area contributed by atoms with Gasteiger partial charge in [-0.1, -0.05) is 46.8 Å². The molecule has 1 saturated heterocycles. The summed E-state index contributed by atoms with van der Waals surface area (Å²) in [5, 5.41) is 3.26. The first-order valence-corrected chi connectivity index (χ1v) is 14.6. The van der Waals surface area contributed by atoms with Crippen molar-refractivity contribution in [3.8, 4) is 0 Å². The van der Waals surface area contributed by atoms with Crippen molar-refractivity contribution < 1.29 is 14.0 Å². The van der Waals surface area contributed by atoms with Crippen LogP contribution in [0.2, 0.25) is 18.1 Å². The SMILES string of the molecule is CC(=O)NCC[C@@]12[C@@H]3C=C[C@@H](C)[C@@H]1CC[C@H](O[Si](C)(C)C(C)(C)C(C)C)[C@@H]2OC3. The van der Waals surface area contributed by atoms with Crippen molar-refractivity contribution in [1.82, 2.24) is 5.32 Å². The molecule has 1 N–H and O–H groups in total. The molecule has 29 heavy (non-hydrogen) atoms. The molecule has 0 spiro atoms. The van der Waals surface area contributed by atoms with Crippen molar-refractivity contribution in [1.29, 1.82) is 0 Å². The Balaban J connectivity index is 1.88. The van der Waals surface area contributed by atoms with Gasteiger partial charge in [0.1, 0.15) is 0 Å². The van der Waals surface area contributed by atoms with Gasteiger partial charge in [-0.25, -0.2) is 0 Å². The maximum Gasteiger partial charge on any atom is 0.216 e. The average Bonchev–Trinajstić information content (AvgIpc) is 2.98. The van der Waals surface area contributed by atoms with Crippen LogP contribution in [0, 0.1) is 29.1 Å². The number of carbonyl (C=O) groups excluding carboxylic acids is 1. The predicted molar refractivity (Wildman–Crippen MR) is 121 cm³/mol. The summed E-state index contributed by atoms with van der Waals surface area (Å²) >= 11 is 0. The Kier molecular flexibility index (Phi) is 6.45. The van der Waals surface area contributed by atoms with Crippen LogP contribution in [0.5, 0.6) is 0 Å². The van der Waals surface area contributed by atoms with Crippen LogP contribution in [-0.2, 0) is 14.0 Å². The zero-order chi connectivity index (χ0) is 21.6. The van der Waals surface area contributed by atoms with Gasteiger partial charge in [0.2, 0.25) is 5.91 Å². The largest absolute Gasteiger partial charge is 0.411 e. The summed E-state index contributed by atoms with van der Waals surface area (Å²) in [6, 6.07) is 0. The molecule has 0 radical (unpaired) electrons. The van der Waals surface area contributed by atoms with Crippen LogP contribution in [0.25, 0.3) is 0 Å². The van der Waals surface area contributed by atoms with Crippen LogP contribution in [-0.4, -0.2) is 39.6 Å². The molecule has 3 aliphatic rings. The van der Waals surface area contributed by atoms with Gasteiger partial charge >= 0.3 is 0 Å². The fourth-order valence-corrected chi connectivity index (χ4v) is 8.87. The van der Waals surface area contributed by atoms with Gasteiger partial charge in [-0.3, -0.25) is 4.79 Å². The first kappa shape index (κ1) is 23.0. The lowest BCUT2D eigenvalue weighted by Crippen LogP contribution is -2.59. The third kappa shape index (κ3) is 3.87. The van der Waals surface area contributed by atoms with Gasteiger partial charge in [0.15, 0.2) is 8.32 Å². The zero-order valence-corrected chi connectivity index (χ0v) is 20.9. The van der Waals surface area contributed by atoms with E-state index in [0.717, 1.165) is 26.0 Å². The fourth-order valence-electron chi connectivity index (χ4n) is 6.18. The molecule has 4 nitrogen and oxygen atoms in total. The molecule has 166 valence electrons. The van der Waals surface area contributed by atoms with Gasteiger partial charge in [0.25, 0.3) is 0 Å². The van der Waals surface area contributed by atoms with Crippen molar-refractivity contribution in [2.75, 3.05) is 13.2 Å². The summed E-state index contributed by atoms with van der Waals surface area (Å²) in [6.45, 7) is 19.7. The van der Waals surface area contributed by atoms with E-state index in [0.29, 0.717) is 23.7 Å². The summed E-state index contributed by atoms with van der Waals surface area (Å²) in [7, 11) is -1.94. The van der Waals surface area contributed by atoms with Crippen LogP contribution in [0.1, 0.15) is 60.8 Å². The lowest BCUT2D eigenvalue weighted by Gasteiger charge is -2.56. The van der Waals surface area contributed by atoms with Gasteiger partial charge in [-0.15, -0.1) is 0 Å². The minimum atomic E-state index is -1.94. The van der Waals surface area contributed by atoms with Gasteiger partial charge in [-0.2, -0.15) is 0 Å². The number of hydrogen-bond acceptors (Lipinski definition) is 3. The van der Waals surface area contributed by atoms with E-state index in [1.807, 2.05) is 0 Å². The van der Waals surface area contributed by atoms with E-state index in [2.05, 4.69) is 65.2 Å². The van der Waals surface area contributed by atoms with Crippen LogP contribution in [0.3, 0.4) is 0 Å². The van der Waals surface area contributed by atoms with Crippen LogP contribution in [0.15, 0.2) is 12.2 Å². The van der Waals surface area contributed by atoms with Crippen LogP contribution < -0.4 is 5.32 Å². The third-order valence-electron chi connectivity index (χ3n) is 9.12. The molecule has 5 heteroatoms. The lowest BCUT2D eigenvalue weighted by molar-refractivity contribution is -0.121. The summed E-state index contributed by atoms with van der Waals surface area (Å²) in [4.78, 5) is 11.5. The third-order valence-corrected chi connectivity index (χ3v) is 13.7.